The second-order valence-corrected chi connectivity index (χ2v) is 5.33. The Balaban J connectivity index is 1.47. The standard InChI is InChI=1S/C13H12N4O4S/c1-8-14-10(20-16-8)4-5-12(18)19-7-11-15-13(17-21-11)9-3-2-6-22-9/h2-3,6H,4-5,7H2,1H3. The van der Waals surface area contributed by atoms with E-state index in [1.165, 1.54) is 11.3 Å². The Kier molecular flexibility index (Phi) is 4.24. The van der Waals surface area contributed by atoms with Gasteiger partial charge in [0.05, 0.1) is 11.3 Å². The van der Waals surface area contributed by atoms with E-state index in [9.17, 15) is 4.79 Å². The molecule has 0 saturated carbocycles. The number of hydrogen-bond donors (Lipinski definition) is 0. The number of esters is 1. The van der Waals surface area contributed by atoms with Gasteiger partial charge in [0, 0.05) is 6.42 Å². The zero-order valence-electron chi connectivity index (χ0n) is 11.7. The van der Waals surface area contributed by atoms with E-state index in [2.05, 4.69) is 20.3 Å². The van der Waals surface area contributed by atoms with Gasteiger partial charge in [0.2, 0.25) is 11.7 Å². The number of aryl methyl sites for hydroxylation is 2. The molecule has 0 saturated heterocycles. The number of thiophene rings is 1. The van der Waals surface area contributed by atoms with E-state index in [0.29, 0.717) is 24.0 Å². The SMILES string of the molecule is Cc1noc(CCC(=O)OCc2nc(-c3cccs3)no2)n1. The van der Waals surface area contributed by atoms with E-state index in [4.69, 9.17) is 13.8 Å². The summed E-state index contributed by atoms with van der Waals surface area (Å²) in [6.07, 6.45) is 0.484. The lowest BCUT2D eigenvalue weighted by Crippen LogP contribution is -2.06. The Morgan fingerprint density at radius 2 is 2.14 bits per heavy atom. The smallest absolute Gasteiger partial charge is 0.306 e. The molecule has 3 aromatic rings. The minimum absolute atomic E-state index is 0.0555. The first kappa shape index (κ1) is 14.4. The molecule has 0 spiro atoms. The van der Waals surface area contributed by atoms with Crippen LogP contribution >= 0.6 is 11.3 Å². The summed E-state index contributed by atoms with van der Waals surface area (Å²) in [5.74, 6) is 1.29. The van der Waals surface area contributed by atoms with Crippen molar-refractivity contribution in [1.82, 2.24) is 20.3 Å². The molecular formula is C13H12N4O4S. The summed E-state index contributed by atoms with van der Waals surface area (Å²) in [6, 6.07) is 3.78. The summed E-state index contributed by atoms with van der Waals surface area (Å²) < 4.78 is 15.0. The van der Waals surface area contributed by atoms with Crippen LogP contribution in [0.4, 0.5) is 0 Å². The summed E-state index contributed by atoms with van der Waals surface area (Å²) in [5.41, 5.74) is 0. The largest absolute Gasteiger partial charge is 0.456 e. The lowest BCUT2D eigenvalue weighted by Gasteiger charge is -1.99. The van der Waals surface area contributed by atoms with Crippen molar-refractivity contribution in [3.63, 3.8) is 0 Å². The number of carbonyl (C=O) groups is 1. The van der Waals surface area contributed by atoms with Crippen molar-refractivity contribution in [2.75, 3.05) is 0 Å². The molecule has 0 fully saturated rings. The molecule has 0 amide bonds. The molecule has 0 aliphatic carbocycles. The predicted octanol–water partition coefficient (Wildman–Crippen LogP) is 2.17. The highest BCUT2D eigenvalue weighted by Gasteiger charge is 2.13. The lowest BCUT2D eigenvalue weighted by atomic mass is 10.3. The van der Waals surface area contributed by atoms with Gasteiger partial charge in [-0.25, -0.2) is 0 Å². The highest BCUT2D eigenvalue weighted by molar-refractivity contribution is 7.13. The summed E-state index contributed by atoms with van der Waals surface area (Å²) in [6.45, 7) is 1.66. The Morgan fingerprint density at radius 3 is 2.86 bits per heavy atom. The number of hydrogen-bond acceptors (Lipinski definition) is 9. The molecule has 0 N–H and O–H groups in total. The molecule has 0 radical (unpaired) electrons. The van der Waals surface area contributed by atoms with Crippen molar-refractivity contribution in [3.05, 3.63) is 35.1 Å². The van der Waals surface area contributed by atoms with Crippen molar-refractivity contribution in [1.29, 1.82) is 0 Å². The van der Waals surface area contributed by atoms with Gasteiger partial charge in [-0.2, -0.15) is 9.97 Å². The maximum atomic E-state index is 11.6. The van der Waals surface area contributed by atoms with Crippen LogP contribution in [0.15, 0.2) is 26.6 Å². The molecule has 0 unspecified atom stereocenters. The van der Waals surface area contributed by atoms with Gasteiger partial charge >= 0.3 is 5.97 Å². The molecule has 0 atom stereocenters. The van der Waals surface area contributed by atoms with Crippen LogP contribution in [-0.2, 0) is 22.6 Å². The minimum atomic E-state index is -0.397. The van der Waals surface area contributed by atoms with E-state index in [-0.39, 0.29) is 18.9 Å². The third-order valence-electron chi connectivity index (χ3n) is 2.68. The summed E-state index contributed by atoms with van der Waals surface area (Å²) in [7, 11) is 0. The Labute approximate surface area is 129 Å². The average molecular weight is 320 g/mol. The second kappa shape index (κ2) is 6.48. The summed E-state index contributed by atoms with van der Waals surface area (Å²) in [5, 5.41) is 9.40. The monoisotopic (exact) mass is 320 g/mol. The zero-order valence-corrected chi connectivity index (χ0v) is 12.5. The van der Waals surface area contributed by atoms with Crippen LogP contribution in [0.1, 0.15) is 24.0 Å². The number of aromatic nitrogens is 4. The van der Waals surface area contributed by atoms with Gasteiger partial charge in [0.1, 0.15) is 0 Å². The van der Waals surface area contributed by atoms with E-state index in [1.807, 2.05) is 17.5 Å². The van der Waals surface area contributed by atoms with Crippen LogP contribution in [0, 0.1) is 6.92 Å². The Morgan fingerprint density at radius 1 is 1.27 bits per heavy atom. The third-order valence-corrected chi connectivity index (χ3v) is 3.54. The highest BCUT2D eigenvalue weighted by Crippen LogP contribution is 2.21. The quantitative estimate of drug-likeness (QED) is 0.636. The van der Waals surface area contributed by atoms with Crippen molar-refractivity contribution in [2.24, 2.45) is 0 Å². The van der Waals surface area contributed by atoms with E-state index >= 15 is 0 Å². The molecule has 0 aliphatic rings. The van der Waals surface area contributed by atoms with E-state index in [1.54, 1.807) is 6.92 Å². The molecule has 3 aromatic heterocycles. The van der Waals surface area contributed by atoms with Crippen LogP contribution in [0.5, 0.6) is 0 Å². The molecule has 3 heterocycles. The Hall–Kier alpha value is -2.55. The van der Waals surface area contributed by atoms with Crippen LogP contribution in [-0.4, -0.2) is 26.3 Å². The van der Waals surface area contributed by atoms with Crippen molar-refractivity contribution >= 4 is 17.3 Å². The fourth-order valence-corrected chi connectivity index (χ4v) is 2.33. The molecule has 22 heavy (non-hydrogen) atoms. The molecule has 0 aromatic carbocycles. The molecule has 8 nitrogen and oxygen atoms in total. The molecule has 0 aliphatic heterocycles. The Bertz CT molecular complexity index is 750. The van der Waals surface area contributed by atoms with Gasteiger partial charge in [-0.05, 0) is 18.4 Å². The van der Waals surface area contributed by atoms with Gasteiger partial charge in [0.25, 0.3) is 5.89 Å². The first-order valence-electron chi connectivity index (χ1n) is 6.52. The normalized spacial score (nSPS) is 10.8. The molecule has 9 heteroatoms. The lowest BCUT2D eigenvalue weighted by molar-refractivity contribution is -0.145. The fraction of sp³-hybridized carbons (Fsp3) is 0.308. The maximum absolute atomic E-state index is 11.6. The molecule has 114 valence electrons. The first-order chi connectivity index (χ1) is 10.7. The number of rotatable bonds is 6. The van der Waals surface area contributed by atoms with Gasteiger partial charge < -0.3 is 13.8 Å². The molecular weight excluding hydrogens is 308 g/mol. The predicted molar refractivity (Wildman–Crippen MR) is 74.8 cm³/mol. The highest BCUT2D eigenvalue weighted by atomic mass is 32.1. The van der Waals surface area contributed by atoms with Crippen molar-refractivity contribution < 1.29 is 18.6 Å². The van der Waals surface area contributed by atoms with E-state index < -0.39 is 5.97 Å². The van der Waals surface area contributed by atoms with Crippen LogP contribution < -0.4 is 0 Å². The van der Waals surface area contributed by atoms with Gasteiger partial charge in [-0.1, -0.05) is 16.4 Å². The van der Waals surface area contributed by atoms with Crippen LogP contribution in [0.25, 0.3) is 10.7 Å². The third kappa shape index (κ3) is 3.55. The van der Waals surface area contributed by atoms with Gasteiger partial charge in [-0.15, -0.1) is 11.3 Å². The summed E-state index contributed by atoms with van der Waals surface area (Å²) >= 11 is 1.51. The topological polar surface area (TPSA) is 104 Å². The fourth-order valence-electron chi connectivity index (χ4n) is 1.68. The summed E-state index contributed by atoms with van der Waals surface area (Å²) in [4.78, 5) is 20.7. The van der Waals surface area contributed by atoms with Crippen LogP contribution in [0.3, 0.4) is 0 Å². The number of ether oxygens (including phenoxy) is 1. The average Bonchev–Trinajstić information content (AvgIpc) is 3.23. The molecule has 0 bridgehead atoms. The van der Waals surface area contributed by atoms with Crippen molar-refractivity contribution in [3.8, 4) is 10.7 Å². The van der Waals surface area contributed by atoms with Crippen molar-refractivity contribution in [2.45, 2.75) is 26.4 Å². The zero-order chi connectivity index (χ0) is 15.4. The van der Waals surface area contributed by atoms with Gasteiger partial charge in [0.15, 0.2) is 12.4 Å². The maximum Gasteiger partial charge on any atom is 0.306 e. The number of nitrogens with zero attached hydrogens (tertiary/aromatic N) is 4. The van der Waals surface area contributed by atoms with Crippen LogP contribution in [0.2, 0.25) is 0 Å². The van der Waals surface area contributed by atoms with Gasteiger partial charge in [-0.3, -0.25) is 4.79 Å². The van der Waals surface area contributed by atoms with E-state index in [0.717, 1.165) is 4.88 Å². The first-order valence-corrected chi connectivity index (χ1v) is 7.40. The molecule has 3 rings (SSSR count). The minimum Gasteiger partial charge on any atom is -0.456 e. The second-order valence-electron chi connectivity index (χ2n) is 4.39. The number of carbonyl (C=O) groups excluding carboxylic acids is 1.